The largest absolute Gasteiger partial charge is 0.497 e. The van der Waals surface area contributed by atoms with E-state index in [-0.39, 0.29) is 6.04 Å². The van der Waals surface area contributed by atoms with Gasteiger partial charge in [-0.25, -0.2) is 0 Å². The lowest BCUT2D eigenvalue weighted by Gasteiger charge is -2.26. The second-order valence-electron chi connectivity index (χ2n) is 7.08. The number of nitrogens with one attached hydrogen (secondary N) is 2. The van der Waals surface area contributed by atoms with Gasteiger partial charge in [0.05, 0.1) is 26.5 Å². The van der Waals surface area contributed by atoms with E-state index in [0.29, 0.717) is 0 Å². The number of methoxy groups -OCH3 is 2. The molecule has 1 aromatic heterocycles. The van der Waals surface area contributed by atoms with Gasteiger partial charge < -0.3 is 24.5 Å². The van der Waals surface area contributed by atoms with Crippen LogP contribution in [0.1, 0.15) is 30.2 Å². The molecule has 1 aliphatic heterocycles. The molecule has 7 heteroatoms. The SMILES string of the molecule is CN=C(NCCc1cc(OC)ccc1OC)NCC(c1ccco1)N1CCCC1. The van der Waals surface area contributed by atoms with Gasteiger partial charge in [-0.05, 0) is 68.2 Å². The van der Waals surface area contributed by atoms with E-state index >= 15 is 0 Å². The molecule has 1 saturated heterocycles. The van der Waals surface area contributed by atoms with Crippen LogP contribution in [0, 0.1) is 0 Å². The van der Waals surface area contributed by atoms with Crippen LogP contribution >= 0.6 is 0 Å². The van der Waals surface area contributed by atoms with E-state index in [4.69, 9.17) is 13.9 Å². The second kappa shape index (κ2) is 10.8. The summed E-state index contributed by atoms with van der Waals surface area (Å²) in [6.07, 6.45) is 5.03. The molecule has 1 aromatic carbocycles. The summed E-state index contributed by atoms with van der Waals surface area (Å²) < 4.78 is 16.5. The smallest absolute Gasteiger partial charge is 0.191 e. The van der Waals surface area contributed by atoms with Crippen molar-refractivity contribution in [1.82, 2.24) is 15.5 Å². The van der Waals surface area contributed by atoms with E-state index < -0.39 is 0 Å². The van der Waals surface area contributed by atoms with Gasteiger partial charge in [0, 0.05) is 20.1 Å². The zero-order chi connectivity index (χ0) is 20.5. The first-order valence-electron chi connectivity index (χ1n) is 10.2. The number of nitrogens with zero attached hydrogens (tertiary/aromatic N) is 2. The minimum atomic E-state index is 0.213. The van der Waals surface area contributed by atoms with Crippen LogP contribution in [0.3, 0.4) is 0 Å². The Morgan fingerprint density at radius 3 is 2.66 bits per heavy atom. The molecule has 158 valence electrons. The molecule has 0 spiro atoms. The minimum Gasteiger partial charge on any atom is -0.497 e. The van der Waals surface area contributed by atoms with E-state index in [0.717, 1.165) is 61.4 Å². The zero-order valence-corrected chi connectivity index (χ0v) is 17.6. The third-order valence-electron chi connectivity index (χ3n) is 5.31. The number of likely N-dealkylation sites (tertiary alicyclic amines) is 1. The summed E-state index contributed by atoms with van der Waals surface area (Å²) in [5.74, 6) is 3.47. The van der Waals surface area contributed by atoms with Crippen molar-refractivity contribution in [3.05, 3.63) is 47.9 Å². The number of rotatable bonds is 9. The zero-order valence-electron chi connectivity index (χ0n) is 17.6. The van der Waals surface area contributed by atoms with Crippen LogP contribution in [0.15, 0.2) is 46.0 Å². The molecule has 2 aromatic rings. The van der Waals surface area contributed by atoms with Crippen molar-refractivity contribution in [2.75, 3.05) is 47.4 Å². The Balaban J connectivity index is 1.54. The maximum Gasteiger partial charge on any atom is 0.191 e. The Bertz CT molecular complexity index is 770. The fourth-order valence-corrected chi connectivity index (χ4v) is 3.75. The fraction of sp³-hybridized carbons (Fsp3) is 0.500. The Morgan fingerprint density at radius 1 is 1.17 bits per heavy atom. The van der Waals surface area contributed by atoms with E-state index in [9.17, 15) is 0 Å². The van der Waals surface area contributed by atoms with Crippen LogP contribution in [0.5, 0.6) is 11.5 Å². The van der Waals surface area contributed by atoms with Crippen LogP contribution in [0.25, 0.3) is 0 Å². The van der Waals surface area contributed by atoms with E-state index in [1.807, 2.05) is 24.3 Å². The van der Waals surface area contributed by atoms with Crippen molar-refractivity contribution < 1.29 is 13.9 Å². The number of furan rings is 1. The maximum atomic E-state index is 5.69. The molecule has 0 amide bonds. The van der Waals surface area contributed by atoms with Crippen molar-refractivity contribution in [1.29, 1.82) is 0 Å². The first-order chi connectivity index (χ1) is 14.2. The fourth-order valence-electron chi connectivity index (χ4n) is 3.75. The third-order valence-corrected chi connectivity index (χ3v) is 5.31. The van der Waals surface area contributed by atoms with Crippen LogP contribution in [0.4, 0.5) is 0 Å². The van der Waals surface area contributed by atoms with E-state index in [1.54, 1.807) is 27.5 Å². The number of hydrogen-bond donors (Lipinski definition) is 2. The Labute approximate surface area is 173 Å². The van der Waals surface area contributed by atoms with Gasteiger partial charge in [0.25, 0.3) is 0 Å². The van der Waals surface area contributed by atoms with Crippen molar-refractivity contribution in [2.24, 2.45) is 4.99 Å². The summed E-state index contributed by atoms with van der Waals surface area (Å²) in [6.45, 7) is 3.69. The predicted molar refractivity (Wildman–Crippen MR) is 115 cm³/mol. The molecule has 2 N–H and O–H groups in total. The number of benzene rings is 1. The third kappa shape index (κ3) is 5.67. The average Bonchev–Trinajstić information content (AvgIpc) is 3.47. The molecule has 1 fully saturated rings. The number of ether oxygens (including phenoxy) is 2. The van der Waals surface area contributed by atoms with Crippen molar-refractivity contribution in [3.63, 3.8) is 0 Å². The molecular formula is C22H32N4O3. The van der Waals surface area contributed by atoms with E-state index in [1.165, 1.54) is 12.8 Å². The highest BCUT2D eigenvalue weighted by Crippen LogP contribution is 2.25. The predicted octanol–water partition coefficient (Wildman–Crippen LogP) is 2.84. The van der Waals surface area contributed by atoms with Crippen molar-refractivity contribution in [2.45, 2.75) is 25.3 Å². The van der Waals surface area contributed by atoms with Gasteiger partial charge in [-0.2, -0.15) is 0 Å². The molecule has 3 rings (SSSR count). The van der Waals surface area contributed by atoms with Crippen molar-refractivity contribution >= 4 is 5.96 Å². The molecule has 1 aliphatic rings. The summed E-state index contributed by atoms with van der Waals surface area (Å²) in [5.41, 5.74) is 1.10. The Hall–Kier alpha value is -2.67. The van der Waals surface area contributed by atoms with Gasteiger partial charge >= 0.3 is 0 Å². The van der Waals surface area contributed by atoms with Crippen LogP contribution in [-0.4, -0.2) is 58.3 Å². The maximum absolute atomic E-state index is 5.69. The summed E-state index contributed by atoms with van der Waals surface area (Å²) >= 11 is 0. The summed E-state index contributed by atoms with van der Waals surface area (Å²) in [6, 6.07) is 10.1. The van der Waals surface area contributed by atoms with Crippen LogP contribution < -0.4 is 20.1 Å². The van der Waals surface area contributed by atoms with Gasteiger partial charge in [-0.3, -0.25) is 9.89 Å². The lowest BCUT2D eigenvalue weighted by molar-refractivity contribution is 0.215. The van der Waals surface area contributed by atoms with Gasteiger partial charge in [0.2, 0.25) is 0 Å². The topological polar surface area (TPSA) is 71.3 Å². The van der Waals surface area contributed by atoms with Crippen LogP contribution in [0.2, 0.25) is 0 Å². The van der Waals surface area contributed by atoms with Gasteiger partial charge in [-0.15, -0.1) is 0 Å². The normalized spacial score (nSPS) is 15.9. The summed E-state index contributed by atoms with van der Waals surface area (Å²) in [7, 11) is 5.15. The molecule has 0 radical (unpaired) electrons. The molecule has 0 saturated carbocycles. The van der Waals surface area contributed by atoms with Gasteiger partial charge in [0.15, 0.2) is 5.96 Å². The molecule has 7 nitrogen and oxygen atoms in total. The average molecular weight is 401 g/mol. The second-order valence-corrected chi connectivity index (χ2v) is 7.08. The Kier molecular flexibility index (Phi) is 7.81. The molecular weight excluding hydrogens is 368 g/mol. The standard InChI is InChI=1S/C22H32N4O3/c1-23-22(24-11-10-17-15-18(27-2)8-9-20(17)28-3)25-16-19(21-7-6-14-29-21)26-12-4-5-13-26/h6-9,14-15,19H,4-5,10-13,16H2,1-3H3,(H2,23,24,25). The van der Waals surface area contributed by atoms with Crippen LogP contribution in [-0.2, 0) is 6.42 Å². The first-order valence-corrected chi connectivity index (χ1v) is 10.2. The van der Waals surface area contributed by atoms with E-state index in [2.05, 4.69) is 26.6 Å². The quantitative estimate of drug-likeness (QED) is 0.498. The lowest BCUT2D eigenvalue weighted by Crippen LogP contribution is -2.43. The highest BCUT2D eigenvalue weighted by atomic mass is 16.5. The van der Waals surface area contributed by atoms with Crippen molar-refractivity contribution in [3.8, 4) is 11.5 Å². The molecule has 0 bridgehead atoms. The van der Waals surface area contributed by atoms with Gasteiger partial charge in [-0.1, -0.05) is 0 Å². The number of aliphatic imine (C=N–C) groups is 1. The summed E-state index contributed by atoms with van der Waals surface area (Å²) in [5, 5.41) is 6.84. The highest BCUT2D eigenvalue weighted by molar-refractivity contribution is 5.79. The summed E-state index contributed by atoms with van der Waals surface area (Å²) in [4.78, 5) is 6.84. The number of hydrogen-bond acceptors (Lipinski definition) is 5. The number of guanidine groups is 1. The minimum absolute atomic E-state index is 0.213. The van der Waals surface area contributed by atoms with Gasteiger partial charge in [0.1, 0.15) is 17.3 Å². The highest BCUT2D eigenvalue weighted by Gasteiger charge is 2.25. The Morgan fingerprint density at radius 2 is 2.00 bits per heavy atom. The monoisotopic (exact) mass is 400 g/mol. The molecule has 0 aliphatic carbocycles. The molecule has 1 atom stereocenters. The first kappa shape index (κ1) is 21.0. The molecule has 2 heterocycles. The molecule has 29 heavy (non-hydrogen) atoms. The lowest BCUT2D eigenvalue weighted by atomic mass is 10.1. The molecule has 1 unspecified atom stereocenters.